The van der Waals surface area contributed by atoms with Crippen molar-refractivity contribution < 1.29 is 0 Å². The van der Waals surface area contributed by atoms with Crippen LogP contribution < -0.4 is 0 Å². The summed E-state index contributed by atoms with van der Waals surface area (Å²) < 4.78 is 0. The monoisotopic (exact) mass is 570 g/mol. The highest BCUT2D eigenvalue weighted by Crippen LogP contribution is 2.51. The van der Waals surface area contributed by atoms with Crippen LogP contribution in [0.4, 0.5) is 0 Å². The van der Waals surface area contributed by atoms with Crippen LogP contribution in [0, 0.1) is 0 Å². The van der Waals surface area contributed by atoms with E-state index in [0.717, 1.165) is 0 Å². The minimum Gasteiger partial charge on any atom is -0.0616 e. The Bertz CT molecular complexity index is 2650. The fraction of sp³-hybridized carbons (Fsp3) is 0.0667. The first-order valence-corrected chi connectivity index (χ1v) is 15.9. The first-order chi connectivity index (χ1) is 22.0. The molecule has 45 heavy (non-hydrogen) atoms. The first-order valence-electron chi connectivity index (χ1n) is 15.9. The molecule has 0 aromatic heterocycles. The summed E-state index contributed by atoms with van der Waals surface area (Å²) >= 11 is 0. The van der Waals surface area contributed by atoms with Gasteiger partial charge in [0.15, 0.2) is 0 Å². The number of fused-ring (bicyclic) bond motifs is 5. The highest BCUT2D eigenvalue weighted by Gasteiger charge is 2.36. The summed E-state index contributed by atoms with van der Waals surface area (Å²) in [7, 11) is 0. The van der Waals surface area contributed by atoms with Crippen molar-refractivity contribution in [2.75, 3.05) is 0 Å². The van der Waals surface area contributed by atoms with Gasteiger partial charge in [-0.15, -0.1) is 0 Å². The fourth-order valence-electron chi connectivity index (χ4n) is 8.26. The zero-order chi connectivity index (χ0) is 29.9. The van der Waals surface area contributed by atoms with E-state index in [1.54, 1.807) is 0 Å². The molecule has 1 aliphatic carbocycles. The van der Waals surface area contributed by atoms with Crippen molar-refractivity contribution in [1.29, 1.82) is 0 Å². The predicted octanol–water partition coefficient (Wildman–Crippen LogP) is 12.5. The molecule has 0 saturated carbocycles. The van der Waals surface area contributed by atoms with Crippen LogP contribution in [-0.2, 0) is 5.41 Å². The standard InChI is InChI=1S/C45H30/c1-45(2)41-26-34(19-21-37(41)40-24-31-7-3-4-8-32(31)25-42(40)45)33-16-13-27-9-6-12-35(39(27)23-33)36-20-17-30-15-14-28-10-5-11-29-18-22-38(36)44(30)43(28)29/h3-26H,1-2H3. The van der Waals surface area contributed by atoms with Gasteiger partial charge in [0.1, 0.15) is 0 Å². The Kier molecular flexibility index (Phi) is 4.88. The summed E-state index contributed by atoms with van der Waals surface area (Å²) in [4.78, 5) is 0. The molecule has 210 valence electrons. The second-order valence-corrected chi connectivity index (χ2v) is 13.3. The van der Waals surface area contributed by atoms with E-state index in [2.05, 4.69) is 159 Å². The van der Waals surface area contributed by atoms with Gasteiger partial charge in [-0.05, 0) is 123 Å². The van der Waals surface area contributed by atoms with Crippen LogP contribution in [0.1, 0.15) is 25.0 Å². The lowest BCUT2D eigenvalue weighted by atomic mass is 9.81. The normalized spacial score (nSPS) is 13.7. The number of hydrogen-bond acceptors (Lipinski definition) is 0. The maximum Gasteiger partial charge on any atom is 0.0159 e. The second kappa shape index (κ2) is 8.80. The molecule has 0 radical (unpaired) electrons. The highest BCUT2D eigenvalue weighted by atomic mass is 14.4. The van der Waals surface area contributed by atoms with Gasteiger partial charge in [-0.25, -0.2) is 0 Å². The van der Waals surface area contributed by atoms with Gasteiger partial charge < -0.3 is 0 Å². The van der Waals surface area contributed by atoms with E-state index in [-0.39, 0.29) is 5.41 Å². The average molecular weight is 571 g/mol. The molecule has 0 nitrogen and oxygen atoms in total. The molecule has 9 aromatic rings. The Morgan fingerprint density at radius 2 is 0.889 bits per heavy atom. The van der Waals surface area contributed by atoms with Crippen molar-refractivity contribution in [3.63, 3.8) is 0 Å². The van der Waals surface area contributed by atoms with E-state index in [1.165, 1.54) is 98.4 Å². The van der Waals surface area contributed by atoms with Crippen molar-refractivity contribution in [2.45, 2.75) is 19.3 Å². The van der Waals surface area contributed by atoms with Crippen molar-refractivity contribution in [2.24, 2.45) is 0 Å². The summed E-state index contributed by atoms with van der Waals surface area (Å²) in [5, 5.41) is 13.1. The molecule has 1 aliphatic rings. The Morgan fingerprint density at radius 3 is 1.73 bits per heavy atom. The van der Waals surface area contributed by atoms with Crippen molar-refractivity contribution in [1.82, 2.24) is 0 Å². The minimum absolute atomic E-state index is 0.0611. The maximum absolute atomic E-state index is 2.44. The van der Waals surface area contributed by atoms with Crippen LogP contribution in [-0.4, -0.2) is 0 Å². The fourth-order valence-corrected chi connectivity index (χ4v) is 8.26. The Balaban J connectivity index is 1.16. The van der Waals surface area contributed by atoms with Gasteiger partial charge in [0.05, 0.1) is 0 Å². The lowest BCUT2D eigenvalue weighted by molar-refractivity contribution is 0.661. The third-order valence-electron chi connectivity index (χ3n) is 10.6. The third-order valence-corrected chi connectivity index (χ3v) is 10.6. The van der Waals surface area contributed by atoms with Gasteiger partial charge >= 0.3 is 0 Å². The van der Waals surface area contributed by atoms with Gasteiger partial charge in [0, 0.05) is 5.41 Å². The van der Waals surface area contributed by atoms with E-state index in [1.807, 2.05) is 0 Å². The molecule has 0 unspecified atom stereocenters. The van der Waals surface area contributed by atoms with Gasteiger partial charge in [0.2, 0.25) is 0 Å². The quantitative estimate of drug-likeness (QED) is 0.181. The Labute approximate surface area is 262 Å². The molecule has 0 atom stereocenters. The molecule has 0 heterocycles. The summed E-state index contributed by atoms with van der Waals surface area (Å²) in [6.07, 6.45) is 0. The lowest BCUT2D eigenvalue weighted by Gasteiger charge is -2.22. The molecule has 0 fully saturated rings. The van der Waals surface area contributed by atoms with Crippen molar-refractivity contribution in [3.05, 3.63) is 157 Å². The molecule has 0 aliphatic heterocycles. The second-order valence-electron chi connectivity index (χ2n) is 13.3. The molecule has 0 amide bonds. The van der Waals surface area contributed by atoms with E-state index < -0.39 is 0 Å². The zero-order valence-corrected chi connectivity index (χ0v) is 25.4. The zero-order valence-electron chi connectivity index (χ0n) is 25.4. The van der Waals surface area contributed by atoms with Crippen LogP contribution >= 0.6 is 0 Å². The minimum atomic E-state index is -0.0611. The Hall–Kier alpha value is -5.46. The van der Waals surface area contributed by atoms with E-state index >= 15 is 0 Å². The first kappa shape index (κ1) is 24.9. The SMILES string of the molecule is CC1(C)c2cc(-c3ccc4cccc(-c5ccc6ccc7cccc8ccc5c6c78)c4c3)ccc2-c2cc3ccccc3cc21. The van der Waals surface area contributed by atoms with Gasteiger partial charge in [-0.3, -0.25) is 0 Å². The number of hydrogen-bond donors (Lipinski definition) is 0. The van der Waals surface area contributed by atoms with Crippen molar-refractivity contribution >= 4 is 53.9 Å². The van der Waals surface area contributed by atoms with Gasteiger partial charge in [-0.2, -0.15) is 0 Å². The molecule has 9 aromatic carbocycles. The molecule has 0 spiro atoms. The number of benzene rings is 9. The predicted molar refractivity (Wildman–Crippen MR) is 194 cm³/mol. The summed E-state index contributed by atoms with van der Waals surface area (Å²) in [6.45, 7) is 4.76. The number of rotatable bonds is 2. The molecule has 0 heteroatoms. The van der Waals surface area contributed by atoms with Crippen LogP contribution in [0.25, 0.3) is 87.2 Å². The van der Waals surface area contributed by atoms with Crippen LogP contribution in [0.2, 0.25) is 0 Å². The van der Waals surface area contributed by atoms with E-state index in [0.29, 0.717) is 0 Å². The van der Waals surface area contributed by atoms with Crippen LogP contribution in [0.15, 0.2) is 146 Å². The average Bonchev–Trinajstić information content (AvgIpc) is 3.30. The lowest BCUT2D eigenvalue weighted by Crippen LogP contribution is -2.15. The maximum atomic E-state index is 2.44. The molecular formula is C45H30. The van der Waals surface area contributed by atoms with Crippen LogP contribution in [0.5, 0.6) is 0 Å². The van der Waals surface area contributed by atoms with E-state index in [9.17, 15) is 0 Å². The Morgan fingerprint density at radius 1 is 0.333 bits per heavy atom. The van der Waals surface area contributed by atoms with Crippen molar-refractivity contribution in [3.8, 4) is 33.4 Å². The highest BCUT2D eigenvalue weighted by molar-refractivity contribution is 6.26. The largest absolute Gasteiger partial charge is 0.0616 e. The summed E-state index contributed by atoms with van der Waals surface area (Å²) in [5.74, 6) is 0. The molecule has 10 rings (SSSR count). The van der Waals surface area contributed by atoms with Gasteiger partial charge in [-0.1, -0.05) is 135 Å². The molecule has 0 bridgehead atoms. The van der Waals surface area contributed by atoms with Gasteiger partial charge in [0.25, 0.3) is 0 Å². The molecule has 0 saturated heterocycles. The topological polar surface area (TPSA) is 0 Å². The third kappa shape index (κ3) is 3.43. The summed E-state index contributed by atoms with van der Waals surface area (Å²) in [5.41, 5.74) is 10.6. The van der Waals surface area contributed by atoms with Crippen LogP contribution in [0.3, 0.4) is 0 Å². The molecular weight excluding hydrogens is 540 g/mol. The summed E-state index contributed by atoms with van der Waals surface area (Å²) in [6, 6.07) is 54.8. The smallest absolute Gasteiger partial charge is 0.0159 e. The molecule has 0 N–H and O–H groups in total. The van der Waals surface area contributed by atoms with E-state index in [4.69, 9.17) is 0 Å².